The number of rotatable bonds is 2. The van der Waals surface area contributed by atoms with Gasteiger partial charge in [0.05, 0.1) is 12.3 Å². The fourth-order valence-corrected chi connectivity index (χ4v) is 2.51. The Labute approximate surface area is 104 Å². The fourth-order valence-electron chi connectivity index (χ4n) is 1.07. The van der Waals surface area contributed by atoms with Crippen LogP contribution < -0.4 is 5.32 Å². The summed E-state index contributed by atoms with van der Waals surface area (Å²) in [5, 5.41) is 3.00. The first-order valence-corrected chi connectivity index (χ1v) is 6.14. The number of hydrogen-bond donors (Lipinski definition) is 1. The molecular weight excluding hydrogens is 248 g/mol. The molecule has 1 amide bonds. The predicted octanol–water partition coefficient (Wildman–Crippen LogP) is 3.66. The van der Waals surface area contributed by atoms with Crippen molar-refractivity contribution in [2.45, 2.75) is 33.1 Å². The average Bonchev–Trinajstić information content (AvgIpc) is 2.46. The third-order valence-corrected chi connectivity index (χ3v) is 2.95. The minimum Gasteiger partial charge on any atom is -0.450 e. The highest BCUT2D eigenvalue weighted by Crippen LogP contribution is 2.35. The lowest BCUT2D eigenvalue weighted by Gasteiger charge is -2.15. The molecule has 1 N–H and O–H groups in total. The minimum absolute atomic E-state index is 0.137. The van der Waals surface area contributed by atoms with Crippen LogP contribution in [0.2, 0.25) is 4.34 Å². The summed E-state index contributed by atoms with van der Waals surface area (Å²) in [7, 11) is 0. The Hall–Kier alpha value is -0.810. The second kappa shape index (κ2) is 5.01. The van der Waals surface area contributed by atoms with Gasteiger partial charge in [-0.3, -0.25) is 5.32 Å². The van der Waals surface area contributed by atoms with Crippen molar-refractivity contribution >= 4 is 34.2 Å². The normalized spacial score (nSPS) is 11.3. The zero-order valence-corrected chi connectivity index (χ0v) is 11.3. The molecule has 0 atom stereocenters. The van der Waals surface area contributed by atoms with Crippen molar-refractivity contribution < 1.29 is 9.53 Å². The van der Waals surface area contributed by atoms with E-state index in [1.165, 1.54) is 11.3 Å². The van der Waals surface area contributed by atoms with Crippen molar-refractivity contribution in [3.05, 3.63) is 10.0 Å². The van der Waals surface area contributed by atoms with Gasteiger partial charge in [0, 0.05) is 5.41 Å². The molecule has 0 saturated heterocycles. The second-order valence-electron chi connectivity index (χ2n) is 4.24. The van der Waals surface area contributed by atoms with Gasteiger partial charge in [-0.1, -0.05) is 43.7 Å². The van der Waals surface area contributed by atoms with Crippen molar-refractivity contribution in [3.63, 3.8) is 0 Å². The van der Waals surface area contributed by atoms with E-state index < -0.39 is 6.09 Å². The van der Waals surface area contributed by atoms with Crippen LogP contribution in [0.4, 0.5) is 9.93 Å². The van der Waals surface area contributed by atoms with Gasteiger partial charge in [0.2, 0.25) is 0 Å². The molecule has 1 aromatic rings. The summed E-state index contributed by atoms with van der Waals surface area (Å²) in [6.07, 6.45) is -0.506. The van der Waals surface area contributed by atoms with Gasteiger partial charge in [-0.05, 0) is 6.92 Å². The van der Waals surface area contributed by atoms with Gasteiger partial charge >= 0.3 is 6.09 Å². The number of anilines is 1. The van der Waals surface area contributed by atoms with Crippen LogP contribution in [0.1, 0.15) is 33.4 Å². The van der Waals surface area contributed by atoms with Gasteiger partial charge < -0.3 is 4.74 Å². The number of thiazole rings is 1. The molecule has 0 bridgehead atoms. The van der Waals surface area contributed by atoms with E-state index in [1.807, 2.05) is 20.8 Å². The molecule has 0 aliphatic carbocycles. The van der Waals surface area contributed by atoms with E-state index >= 15 is 0 Å². The Kier molecular flexibility index (Phi) is 4.15. The Bertz CT molecular complexity index is 385. The lowest BCUT2D eigenvalue weighted by atomic mass is 9.93. The molecule has 0 aromatic carbocycles. The van der Waals surface area contributed by atoms with Crippen molar-refractivity contribution in [3.8, 4) is 0 Å². The van der Waals surface area contributed by atoms with Crippen LogP contribution in [0.3, 0.4) is 0 Å². The molecule has 90 valence electrons. The van der Waals surface area contributed by atoms with Crippen LogP contribution in [0.5, 0.6) is 0 Å². The van der Waals surface area contributed by atoms with Crippen LogP contribution in [-0.2, 0) is 10.2 Å². The van der Waals surface area contributed by atoms with Gasteiger partial charge in [-0.25, -0.2) is 9.78 Å². The molecule has 0 radical (unpaired) electrons. The molecule has 1 aromatic heterocycles. The van der Waals surface area contributed by atoms with Crippen LogP contribution in [0.25, 0.3) is 0 Å². The molecule has 1 heterocycles. The predicted molar refractivity (Wildman–Crippen MR) is 66.5 cm³/mol. The Morgan fingerprint density at radius 1 is 1.56 bits per heavy atom. The van der Waals surface area contributed by atoms with Crippen LogP contribution in [0, 0.1) is 0 Å². The molecule has 0 saturated carbocycles. The number of carbonyl (C=O) groups excluding carboxylic acids is 1. The number of ether oxygens (including phenoxy) is 1. The molecule has 0 fully saturated rings. The van der Waals surface area contributed by atoms with Crippen LogP contribution in [0.15, 0.2) is 0 Å². The first-order chi connectivity index (χ1) is 7.34. The van der Waals surface area contributed by atoms with Gasteiger partial charge in [-0.2, -0.15) is 0 Å². The van der Waals surface area contributed by atoms with Gasteiger partial charge in [0.25, 0.3) is 0 Å². The zero-order valence-electron chi connectivity index (χ0n) is 9.76. The second-order valence-corrected chi connectivity index (χ2v) is 5.84. The molecule has 16 heavy (non-hydrogen) atoms. The molecular formula is C10H15ClN2O2S. The summed E-state index contributed by atoms with van der Waals surface area (Å²) in [6.45, 7) is 8.12. The molecule has 6 heteroatoms. The highest BCUT2D eigenvalue weighted by molar-refractivity contribution is 7.19. The van der Waals surface area contributed by atoms with E-state index in [0.717, 1.165) is 5.69 Å². The number of hydrogen-bond acceptors (Lipinski definition) is 4. The topological polar surface area (TPSA) is 51.2 Å². The van der Waals surface area contributed by atoms with E-state index in [0.29, 0.717) is 16.1 Å². The number of amides is 1. The summed E-state index contributed by atoms with van der Waals surface area (Å²) in [6, 6.07) is 0. The van der Waals surface area contributed by atoms with Gasteiger partial charge in [0.1, 0.15) is 4.34 Å². The Balaban J connectivity index is 2.81. The SMILES string of the molecule is CCOC(=O)Nc1nc(C(C)(C)C)c(Cl)s1. The maximum atomic E-state index is 11.2. The summed E-state index contributed by atoms with van der Waals surface area (Å²) >= 11 is 7.29. The average molecular weight is 263 g/mol. The van der Waals surface area contributed by atoms with Crippen molar-refractivity contribution in [2.75, 3.05) is 11.9 Å². The number of carbonyl (C=O) groups is 1. The molecule has 0 aliphatic rings. The minimum atomic E-state index is -0.506. The lowest BCUT2D eigenvalue weighted by Crippen LogP contribution is -2.15. The van der Waals surface area contributed by atoms with Crippen LogP contribution >= 0.6 is 22.9 Å². The Morgan fingerprint density at radius 3 is 2.62 bits per heavy atom. The van der Waals surface area contributed by atoms with Crippen LogP contribution in [-0.4, -0.2) is 17.7 Å². The highest BCUT2D eigenvalue weighted by Gasteiger charge is 2.23. The van der Waals surface area contributed by atoms with Gasteiger partial charge in [-0.15, -0.1) is 0 Å². The van der Waals surface area contributed by atoms with Crippen molar-refractivity contribution in [2.24, 2.45) is 0 Å². The molecule has 0 unspecified atom stereocenters. The monoisotopic (exact) mass is 262 g/mol. The summed E-state index contributed by atoms with van der Waals surface area (Å²) in [4.78, 5) is 15.5. The van der Waals surface area contributed by atoms with E-state index in [-0.39, 0.29) is 5.41 Å². The quantitative estimate of drug-likeness (QED) is 0.885. The Morgan fingerprint density at radius 2 is 2.19 bits per heavy atom. The maximum Gasteiger partial charge on any atom is 0.413 e. The van der Waals surface area contributed by atoms with E-state index in [1.54, 1.807) is 6.92 Å². The molecule has 0 aliphatic heterocycles. The fraction of sp³-hybridized carbons (Fsp3) is 0.600. The molecule has 1 rings (SSSR count). The standard InChI is InChI=1S/C10H15ClN2O2S/c1-5-15-9(14)13-8-12-6(7(11)16-8)10(2,3)4/h5H2,1-4H3,(H,12,13,14). The smallest absolute Gasteiger partial charge is 0.413 e. The first kappa shape index (κ1) is 13.3. The third kappa shape index (κ3) is 3.35. The molecule has 4 nitrogen and oxygen atoms in total. The number of aromatic nitrogens is 1. The van der Waals surface area contributed by atoms with E-state index in [9.17, 15) is 4.79 Å². The highest BCUT2D eigenvalue weighted by atomic mass is 35.5. The zero-order chi connectivity index (χ0) is 12.3. The van der Waals surface area contributed by atoms with Crippen molar-refractivity contribution in [1.82, 2.24) is 4.98 Å². The number of nitrogens with zero attached hydrogens (tertiary/aromatic N) is 1. The summed E-state index contributed by atoms with van der Waals surface area (Å²) in [5.74, 6) is 0. The van der Waals surface area contributed by atoms with E-state index in [4.69, 9.17) is 16.3 Å². The number of nitrogens with one attached hydrogen (secondary N) is 1. The first-order valence-electron chi connectivity index (χ1n) is 4.95. The largest absolute Gasteiger partial charge is 0.450 e. The third-order valence-electron chi connectivity index (χ3n) is 1.78. The summed E-state index contributed by atoms with van der Waals surface area (Å²) < 4.78 is 5.35. The molecule has 0 spiro atoms. The van der Waals surface area contributed by atoms with Crippen molar-refractivity contribution in [1.29, 1.82) is 0 Å². The summed E-state index contributed by atoms with van der Waals surface area (Å²) in [5.41, 5.74) is 0.647. The maximum absolute atomic E-state index is 11.2. The lowest BCUT2D eigenvalue weighted by molar-refractivity contribution is 0.168. The van der Waals surface area contributed by atoms with Gasteiger partial charge in [0.15, 0.2) is 5.13 Å². The number of halogens is 1. The van der Waals surface area contributed by atoms with E-state index in [2.05, 4.69) is 10.3 Å².